The third kappa shape index (κ3) is 2.73. The number of benzene rings is 1. The molecule has 4 nitrogen and oxygen atoms in total. The fourth-order valence-electron chi connectivity index (χ4n) is 2.36. The van der Waals surface area contributed by atoms with Crippen LogP contribution in [0, 0.1) is 5.92 Å². The van der Waals surface area contributed by atoms with E-state index in [4.69, 9.17) is 4.42 Å². The average molecular weight is 262 g/mol. The SMILES string of the molecule is CCC(C)CC(NC)c1ccc2c(c1)oc(=O)n2C. The lowest BCUT2D eigenvalue weighted by Crippen LogP contribution is -2.18. The van der Waals surface area contributed by atoms with E-state index in [2.05, 4.69) is 25.2 Å². The molecule has 0 radical (unpaired) electrons. The number of aryl methyl sites for hydroxylation is 1. The van der Waals surface area contributed by atoms with E-state index in [1.165, 1.54) is 16.6 Å². The highest BCUT2D eigenvalue weighted by Crippen LogP contribution is 2.25. The second-order valence-corrected chi connectivity index (χ2v) is 5.24. The monoisotopic (exact) mass is 262 g/mol. The molecule has 0 bridgehead atoms. The Morgan fingerprint density at radius 2 is 2.16 bits per heavy atom. The molecule has 0 fully saturated rings. The van der Waals surface area contributed by atoms with Crippen molar-refractivity contribution in [3.05, 3.63) is 34.3 Å². The zero-order chi connectivity index (χ0) is 14.0. The molecule has 19 heavy (non-hydrogen) atoms. The van der Waals surface area contributed by atoms with Gasteiger partial charge in [0.1, 0.15) is 0 Å². The second kappa shape index (κ2) is 5.61. The summed E-state index contributed by atoms with van der Waals surface area (Å²) in [6.45, 7) is 4.46. The van der Waals surface area contributed by atoms with Crippen LogP contribution in [0.3, 0.4) is 0 Å². The first kappa shape index (κ1) is 13.9. The normalized spacial score (nSPS) is 14.7. The molecule has 0 aliphatic carbocycles. The molecule has 1 aromatic carbocycles. The number of nitrogens with one attached hydrogen (secondary N) is 1. The van der Waals surface area contributed by atoms with E-state index in [9.17, 15) is 4.79 Å². The summed E-state index contributed by atoms with van der Waals surface area (Å²) in [7, 11) is 3.70. The summed E-state index contributed by atoms with van der Waals surface area (Å²) in [5.74, 6) is 0.353. The van der Waals surface area contributed by atoms with Gasteiger partial charge < -0.3 is 9.73 Å². The minimum atomic E-state index is -0.310. The van der Waals surface area contributed by atoms with Crippen LogP contribution in [0.15, 0.2) is 27.4 Å². The summed E-state index contributed by atoms with van der Waals surface area (Å²) < 4.78 is 6.77. The van der Waals surface area contributed by atoms with Gasteiger partial charge in [0.2, 0.25) is 0 Å². The van der Waals surface area contributed by atoms with Gasteiger partial charge in [-0.15, -0.1) is 0 Å². The molecule has 2 aromatic rings. The molecule has 0 aliphatic rings. The van der Waals surface area contributed by atoms with Crippen LogP contribution in [0.2, 0.25) is 0 Å². The Kier molecular flexibility index (Phi) is 4.10. The van der Waals surface area contributed by atoms with Crippen LogP contribution >= 0.6 is 0 Å². The van der Waals surface area contributed by atoms with Crippen molar-refractivity contribution in [2.75, 3.05) is 7.05 Å². The van der Waals surface area contributed by atoms with E-state index in [0.717, 1.165) is 11.9 Å². The van der Waals surface area contributed by atoms with Crippen LogP contribution in [-0.4, -0.2) is 11.6 Å². The maximum absolute atomic E-state index is 11.5. The van der Waals surface area contributed by atoms with Gasteiger partial charge in [0.25, 0.3) is 0 Å². The van der Waals surface area contributed by atoms with E-state index in [1.807, 2.05) is 19.2 Å². The Labute approximate surface area is 113 Å². The standard InChI is InChI=1S/C15H22N2O2/c1-5-10(2)8-12(16-3)11-6-7-13-14(9-11)19-15(18)17(13)4/h6-7,9-10,12,16H,5,8H2,1-4H3. The highest BCUT2D eigenvalue weighted by atomic mass is 16.4. The summed E-state index contributed by atoms with van der Waals surface area (Å²) in [5.41, 5.74) is 2.67. The van der Waals surface area contributed by atoms with Gasteiger partial charge in [-0.3, -0.25) is 4.57 Å². The number of oxazole rings is 1. The van der Waals surface area contributed by atoms with Gasteiger partial charge in [0.15, 0.2) is 5.58 Å². The zero-order valence-corrected chi connectivity index (χ0v) is 12.1. The Morgan fingerprint density at radius 1 is 1.42 bits per heavy atom. The Hall–Kier alpha value is -1.55. The van der Waals surface area contributed by atoms with Crippen molar-refractivity contribution in [2.45, 2.75) is 32.7 Å². The van der Waals surface area contributed by atoms with Crippen molar-refractivity contribution in [3.63, 3.8) is 0 Å². The van der Waals surface area contributed by atoms with Gasteiger partial charge in [0, 0.05) is 13.1 Å². The lowest BCUT2D eigenvalue weighted by Gasteiger charge is -2.20. The lowest BCUT2D eigenvalue weighted by atomic mass is 9.94. The predicted molar refractivity (Wildman–Crippen MR) is 77.3 cm³/mol. The quantitative estimate of drug-likeness (QED) is 0.901. The van der Waals surface area contributed by atoms with Crippen LogP contribution in [-0.2, 0) is 7.05 Å². The van der Waals surface area contributed by atoms with Crippen LogP contribution in [0.1, 0.15) is 38.3 Å². The van der Waals surface area contributed by atoms with Crippen molar-refractivity contribution in [3.8, 4) is 0 Å². The molecule has 0 aliphatic heterocycles. The van der Waals surface area contributed by atoms with Crippen molar-refractivity contribution in [1.29, 1.82) is 0 Å². The van der Waals surface area contributed by atoms with E-state index < -0.39 is 0 Å². The highest BCUT2D eigenvalue weighted by molar-refractivity contribution is 5.73. The van der Waals surface area contributed by atoms with Gasteiger partial charge in [-0.25, -0.2) is 4.79 Å². The molecular weight excluding hydrogens is 240 g/mol. The molecule has 0 spiro atoms. The first-order chi connectivity index (χ1) is 9.06. The fourth-order valence-corrected chi connectivity index (χ4v) is 2.36. The number of fused-ring (bicyclic) bond motifs is 1. The summed E-state index contributed by atoms with van der Waals surface area (Å²) in [6, 6.07) is 6.29. The molecule has 1 aromatic heterocycles. The molecule has 0 saturated heterocycles. The molecule has 104 valence electrons. The zero-order valence-electron chi connectivity index (χ0n) is 12.1. The molecule has 0 saturated carbocycles. The summed E-state index contributed by atoms with van der Waals surface area (Å²) >= 11 is 0. The number of nitrogens with zero attached hydrogens (tertiary/aromatic N) is 1. The third-order valence-electron chi connectivity index (χ3n) is 3.90. The molecular formula is C15H22N2O2. The molecule has 2 rings (SSSR count). The maximum Gasteiger partial charge on any atom is 0.419 e. The van der Waals surface area contributed by atoms with Crippen LogP contribution in [0.25, 0.3) is 11.1 Å². The van der Waals surface area contributed by atoms with Gasteiger partial charge in [-0.05, 0) is 37.1 Å². The Balaban J connectivity index is 2.36. The molecule has 0 amide bonds. The summed E-state index contributed by atoms with van der Waals surface area (Å²) in [4.78, 5) is 11.5. The first-order valence-corrected chi connectivity index (χ1v) is 6.83. The van der Waals surface area contributed by atoms with Crippen LogP contribution in [0.4, 0.5) is 0 Å². The van der Waals surface area contributed by atoms with Crippen LogP contribution < -0.4 is 11.1 Å². The maximum atomic E-state index is 11.5. The smallest absolute Gasteiger partial charge is 0.408 e. The molecule has 4 heteroatoms. The van der Waals surface area contributed by atoms with Gasteiger partial charge >= 0.3 is 5.76 Å². The number of aromatic nitrogens is 1. The van der Waals surface area contributed by atoms with Crippen molar-refractivity contribution in [1.82, 2.24) is 9.88 Å². The van der Waals surface area contributed by atoms with Crippen molar-refractivity contribution < 1.29 is 4.42 Å². The molecule has 2 atom stereocenters. The van der Waals surface area contributed by atoms with E-state index >= 15 is 0 Å². The molecule has 1 N–H and O–H groups in total. The van der Waals surface area contributed by atoms with E-state index in [0.29, 0.717) is 17.5 Å². The largest absolute Gasteiger partial charge is 0.419 e. The van der Waals surface area contributed by atoms with Crippen molar-refractivity contribution >= 4 is 11.1 Å². The van der Waals surface area contributed by atoms with Gasteiger partial charge in [-0.2, -0.15) is 0 Å². The molecule has 2 unspecified atom stereocenters. The summed E-state index contributed by atoms with van der Waals surface area (Å²) in [6.07, 6.45) is 2.25. The van der Waals surface area contributed by atoms with Crippen LogP contribution in [0.5, 0.6) is 0 Å². The lowest BCUT2D eigenvalue weighted by molar-refractivity contribution is 0.421. The Bertz CT molecular complexity index is 612. The van der Waals surface area contributed by atoms with Gasteiger partial charge in [0.05, 0.1) is 5.52 Å². The fraction of sp³-hybridized carbons (Fsp3) is 0.533. The van der Waals surface area contributed by atoms with Gasteiger partial charge in [-0.1, -0.05) is 26.3 Å². The topological polar surface area (TPSA) is 47.2 Å². The number of hydrogen-bond donors (Lipinski definition) is 1. The molecule has 1 heterocycles. The number of rotatable bonds is 5. The predicted octanol–water partition coefficient (Wildman–Crippen LogP) is 2.83. The van der Waals surface area contributed by atoms with E-state index in [-0.39, 0.29) is 5.76 Å². The average Bonchev–Trinajstić information content (AvgIpc) is 2.70. The Morgan fingerprint density at radius 3 is 2.79 bits per heavy atom. The third-order valence-corrected chi connectivity index (χ3v) is 3.90. The minimum Gasteiger partial charge on any atom is -0.408 e. The highest BCUT2D eigenvalue weighted by Gasteiger charge is 2.15. The summed E-state index contributed by atoms with van der Waals surface area (Å²) in [5, 5.41) is 3.34. The van der Waals surface area contributed by atoms with Crippen molar-refractivity contribution in [2.24, 2.45) is 13.0 Å². The van der Waals surface area contributed by atoms with E-state index in [1.54, 1.807) is 7.05 Å². The second-order valence-electron chi connectivity index (χ2n) is 5.24. The first-order valence-electron chi connectivity index (χ1n) is 6.83. The minimum absolute atomic E-state index is 0.296. The number of hydrogen-bond acceptors (Lipinski definition) is 3.